The van der Waals surface area contributed by atoms with Gasteiger partial charge in [-0.2, -0.15) is 0 Å². The molecule has 22 heavy (non-hydrogen) atoms. The monoisotopic (exact) mass is 295 g/mol. The lowest BCUT2D eigenvalue weighted by Gasteiger charge is -2.29. The normalized spacial score (nSPS) is 36.0. The topological polar surface area (TPSA) is 38.3 Å². The minimum atomic E-state index is 0.107. The summed E-state index contributed by atoms with van der Waals surface area (Å²) in [5.41, 5.74) is 1.61. The molecular weight excluding hydrogens is 274 g/mol. The van der Waals surface area contributed by atoms with Gasteiger partial charge in [0.25, 0.3) is 0 Å². The third-order valence-electron chi connectivity index (χ3n) is 6.33. The fourth-order valence-electron chi connectivity index (χ4n) is 5.04. The minimum absolute atomic E-state index is 0.107. The average molecular weight is 295 g/mol. The van der Waals surface area contributed by atoms with Gasteiger partial charge < -0.3 is 10.1 Å². The van der Waals surface area contributed by atoms with Crippen LogP contribution in [0.4, 0.5) is 0 Å². The summed E-state index contributed by atoms with van der Waals surface area (Å²) in [7, 11) is 0. The van der Waals surface area contributed by atoms with Crippen LogP contribution < -0.4 is 10.1 Å². The van der Waals surface area contributed by atoms with Gasteiger partial charge in [0.15, 0.2) is 0 Å². The van der Waals surface area contributed by atoms with Crippen LogP contribution in [0, 0.1) is 23.2 Å². The molecule has 1 N–H and O–H groups in total. The van der Waals surface area contributed by atoms with E-state index in [4.69, 9.17) is 4.74 Å². The molecule has 1 aliphatic heterocycles. The van der Waals surface area contributed by atoms with Crippen LogP contribution in [0.15, 0.2) is 36.4 Å². The second-order valence-corrected chi connectivity index (χ2v) is 7.33. The number of amides is 1. The van der Waals surface area contributed by atoms with Crippen LogP contribution in [0.25, 0.3) is 0 Å². The zero-order chi connectivity index (χ0) is 14.7. The predicted octanol–water partition coefficient (Wildman–Crippen LogP) is 3.23. The number of allylic oxidation sites excluding steroid dienone is 2. The van der Waals surface area contributed by atoms with E-state index < -0.39 is 0 Å². The van der Waals surface area contributed by atoms with Crippen LogP contribution >= 0.6 is 0 Å². The van der Waals surface area contributed by atoms with Gasteiger partial charge in [0, 0.05) is 17.9 Å². The van der Waals surface area contributed by atoms with E-state index in [-0.39, 0.29) is 17.9 Å². The largest absolute Gasteiger partial charge is 0.493 e. The van der Waals surface area contributed by atoms with Crippen LogP contribution in [0.5, 0.6) is 5.75 Å². The molecule has 4 atom stereocenters. The number of hydrogen-bond donors (Lipinski definition) is 1. The van der Waals surface area contributed by atoms with Crippen molar-refractivity contribution in [2.75, 3.05) is 6.61 Å². The first-order valence-corrected chi connectivity index (χ1v) is 8.48. The molecular formula is C19H21NO2. The number of rotatable bonds is 2. The Bertz CT molecular complexity index is 661. The Morgan fingerprint density at radius 1 is 1.23 bits per heavy atom. The van der Waals surface area contributed by atoms with Crippen molar-refractivity contribution >= 4 is 5.91 Å². The number of fused-ring (bicyclic) bond motifs is 1. The molecule has 2 fully saturated rings. The third kappa shape index (κ3) is 1.65. The highest BCUT2D eigenvalue weighted by molar-refractivity contribution is 5.81. The van der Waals surface area contributed by atoms with E-state index in [2.05, 4.69) is 23.5 Å². The van der Waals surface area contributed by atoms with E-state index in [0.29, 0.717) is 23.9 Å². The fraction of sp³-hybridized carbons (Fsp3) is 0.526. The van der Waals surface area contributed by atoms with Crippen LogP contribution in [0.2, 0.25) is 0 Å². The number of carbonyl (C=O) groups excluding carboxylic acids is 1. The summed E-state index contributed by atoms with van der Waals surface area (Å²) >= 11 is 0. The maximum Gasteiger partial charge on any atom is 0.224 e. The minimum Gasteiger partial charge on any atom is -0.493 e. The lowest BCUT2D eigenvalue weighted by molar-refractivity contribution is -0.126. The highest BCUT2D eigenvalue weighted by atomic mass is 16.5. The van der Waals surface area contributed by atoms with Gasteiger partial charge >= 0.3 is 0 Å². The maximum atomic E-state index is 12.8. The lowest BCUT2D eigenvalue weighted by atomic mass is 9.88. The first-order valence-electron chi connectivity index (χ1n) is 8.48. The SMILES string of the molecule is O=C(N[C@H]1CCOc2ccccc21)[C@@H]1C[C@H]2C=C[C@H]1C21CC1. The number of nitrogens with one attached hydrogen (secondary N) is 1. The molecule has 1 spiro atoms. The van der Waals surface area contributed by atoms with E-state index in [9.17, 15) is 4.79 Å². The van der Waals surface area contributed by atoms with E-state index in [1.807, 2.05) is 18.2 Å². The van der Waals surface area contributed by atoms with E-state index >= 15 is 0 Å². The predicted molar refractivity (Wildman–Crippen MR) is 83.3 cm³/mol. The zero-order valence-electron chi connectivity index (χ0n) is 12.6. The first kappa shape index (κ1) is 12.7. The number of carbonyl (C=O) groups is 1. The van der Waals surface area contributed by atoms with Crippen LogP contribution in [-0.2, 0) is 4.79 Å². The van der Waals surface area contributed by atoms with Crippen LogP contribution in [-0.4, -0.2) is 12.5 Å². The smallest absolute Gasteiger partial charge is 0.224 e. The molecule has 1 amide bonds. The van der Waals surface area contributed by atoms with Crippen molar-refractivity contribution in [3.8, 4) is 5.75 Å². The third-order valence-corrected chi connectivity index (χ3v) is 6.33. The molecule has 2 saturated carbocycles. The highest BCUT2D eigenvalue weighted by Crippen LogP contribution is 2.70. The molecule has 114 valence electrons. The summed E-state index contributed by atoms with van der Waals surface area (Å²) in [6.07, 6.45) is 9.25. The summed E-state index contributed by atoms with van der Waals surface area (Å²) < 4.78 is 5.69. The molecule has 0 aromatic heterocycles. The van der Waals surface area contributed by atoms with Gasteiger partial charge in [0.1, 0.15) is 5.75 Å². The molecule has 3 aliphatic carbocycles. The Morgan fingerprint density at radius 3 is 2.91 bits per heavy atom. The van der Waals surface area contributed by atoms with Gasteiger partial charge in [0.05, 0.1) is 12.6 Å². The molecule has 2 bridgehead atoms. The summed E-state index contributed by atoms with van der Waals surface area (Å²) in [6, 6.07) is 8.18. The van der Waals surface area contributed by atoms with Gasteiger partial charge in [-0.3, -0.25) is 4.79 Å². The Hall–Kier alpha value is -1.77. The van der Waals surface area contributed by atoms with Crippen molar-refractivity contribution in [3.63, 3.8) is 0 Å². The zero-order valence-corrected chi connectivity index (χ0v) is 12.6. The Labute approximate surface area is 130 Å². The Morgan fingerprint density at radius 2 is 2.09 bits per heavy atom. The molecule has 3 nitrogen and oxygen atoms in total. The van der Waals surface area contributed by atoms with Crippen molar-refractivity contribution in [1.82, 2.24) is 5.32 Å². The standard InChI is InChI=1S/C19H21NO2/c21-18(14-11-12-5-6-15(14)19(12)8-9-19)20-16-7-10-22-17-4-2-1-3-13(16)17/h1-6,12,14-16H,7-11H2,(H,20,21)/t12-,14-,15-,16+/m1/s1. The molecule has 1 heterocycles. The molecule has 3 heteroatoms. The quantitative estimate of drug-likeness (QED) is 0.851. The Balaban J connectivity index is 1.35. The van der Waals surface area contributed by atoms with E-state index in [1.54, 1.807) is 0 Å². The van der Waals surface area contributed by atoms with Crippen LogP contribution in [0.3, 0.4) is 0 Å². The molecule has 0 radical (unpaired) electrons. The van der Waals surface area contributed by atoms with Crippen molar-refractivity contribution < 1.29 is 9.53 Å². The van der Waals surface area contributed by atoms with Crippen molar-refractivity contribution in [2.45, 2.75) is 31.7 Å². The van der Waals surface area contributed by atoms with E-state index in [1.165, 1.54) is 12.8 Å². The molecule has 5 rings (SSSR count). The highest BCUT2D eigenvalue weighted by Gasteiger charge is 2.64. The second-order valence-electron chi connectivity index (χ2n) is 7.33. The summed E-state index contributed by atoms with van der Waals surface area (Å²) in [6.45, 7) is 0.683. The number of para-hydroxylation sites is 1. The summed E-state index contributed by atoms with van der Waals surface area (Å²) in [5.74, 6) is 2.52. The van der Waals surface area contributed by atoms with Crippen molar-refractivity contribution in [3.05, 3.63) is 42.0 Å². The van der Waals surface area contributed by atoms with Crippen molar-refractivity contribution in [1.29, 1.82) is 0 Å². The van der Waals surface area contributed by atoms with Gasteiger partial charge in [-0.05, 0) is 42.6 Å². The van der Waals surface area contributed by atoms with Gasteiger partial charge in [-0.1, -0.05) is 30.4 Å². The second kappa shape index (κ2) is 4.37. The van der Waals surface area contributed by atoms with Gasteiger partial charge in [-0.25, -0.2) is 0 Å². The molecule has 4 aliphatic rings. The molecule has 0 unspecified atom stereocenters. The maximum absolute atomic E-state index is 12.8. The molecule has 1 aromatic carbocycles. The first-order chi connectivity index (χ1) is 10.8. The van der Waals surface area contributed by atoms with Gasteiger partial charge in [-0.15, -0.1) is 0 Å². The fourth-order valence-corrected chi connectivity index (χ4v) is 5.04. The lowest BCUT2D eigenvalue weighted by Crippen LogP contribution is -2.38. The number of benzene rings is 1. The molecule has 0 saturated heterocycles. The van der Waals surface area contributed by atoms with E-state index in [0.717, 1.165) is 24.2 Å². The average Bonchev–Trinajstić information content (AvgIpc) is 3.21. The Kier molecular flexibility index (Phi) is 2.53. The molecule has 1 aromatic rings. The van der Waals surface area contributed by atoms with Crippen LogP contribution in [0.1, 0.15) is 37.3 Å². The summed E-state index contributed by atoms with van der Waals surface area (Å²) in [5, 5.41) is 3.31. The van der Waals surface area contributed by atoms with Gasteiger partial charge in [0.2, 0.25) is 5.91 Å². The summed E-state index contributed by atoms with van der Waals surface area (Å²) in [4.78, 5) is 12.8. The number of ether oxygens (including phenoxy) is 1. The van der Waals surface area contributed by atoms with Crippen molar-refractivity contribution in [2.24, 2.45) is 23.2 Å². The number of hydrogen-bond acceptors (Lipinski definition) is 2.